The summed E-state index contributed by atoms with van der Waals surface area (Å²) in [4.78, 5) is 24.4. The van der Waals surface area contributed by atoms with Crippen LogP contribution < -0.4 is 5.32 Å². The Balaban J connectivity index is 2.93. The molecule has 1 saturated heterocycles. The Hall–Kier alpha value is -1.47. The Labute approximate surface area is 121 Å². The average Bonchev–Trinajstić information content (AvgIpc) is 2.61. The van der Waals surface area contributed by atoms with E-state index in [9.17, 15) is 22.8 Å². The van der Waals surface area contributed by atoms with Crippen LogP contribution in [0, 0.1) is 0 Å². The summed E-state index contributed by atoms with van der Waals surface area (Å²) in [5, 5.41) is 10.5. The number of carboxylic acids is 1. The molecular formula is C13H21F3N2O3. The highest BCUT2D eigenvalue weighted by Crippen LogP contribution is 2.31. The molecule has 2 atom stereocenters. The molecule has 1 aliphatic heterocycles. The van der Waals surface area contributed by atoms with Gasteiger partial charge in [0.15, 0.2) is 0 Å². The number of alkyl halides is 3. The molecule has 122 valence electrons. The number of likely N-dealkylation sites (tertiary alicyclic amines) is 1. The first-order valence-corrected chi connectivity index (χ1v) is 7.02. The first-order valence-electron chi connectivity index (χ1n) is 7.02. The third kappa shape index (κ3) is 3.79. The number of nitrogens with one attached hydrogen (secondary N) is 1. The van der Waals surface area contributed by atoms with E-state index in [-0.39, 0.29) is 6.04 Å². The standard InChI is InChI=1S/C13H21F3N2O3/c1-3-9-7-5-4-6-8-18(9)11(21)17-12(2,10(19)20)13(14,15)16/h9H,3-8H2,1-2H3,(H,17,21)(H,19,20). The summed E-state index contributed by atoms with van der Waals surface area (Å²) in [6.45, 7) is 2.67. The summed E-state index contributed by atoms with van der Waals surface area (Å²) in [6, 6.07) is -1.12. The molecule has 21 heavy (non-hydrogen) atoms. The molecule has 1 heterocycles. The number of amides is 2. The van der Waals surface area contributed by atoms with Gasteiger partial charge in [0.1, 0.15) is 0 Å². The molecule has 0 spiro atoms. The van der Waals surface area contributed by atoms with Crippen molar-refractivity contribution in [1.29, 1.82) is 0 Å². The van der Waals surface area contributed by atoms with Gasteiger partial charge in [0.25, 0.3) is 0 Å². The van der Waals surface area contributed by atoms with Gasteiger partial charge in [-0.1, -0.05) is 19.8 Å². The highest BCUT2D eigenvalue weighted by atomic mass is 19.4. The van der Waals surface area contributed by atoms with Gasteiger partial charge in [-0.05, 0) is 26.2 Å². The molecule has 0 saturated carbocycles. The molecule has 0 aliphatic carbocycles. The van der Waals surface area contributed by atoms with E-state index in [2.05, 4.69) is 0 Å². The fourth-order valence-electron chi connectivity index (χ4n) is 2.40. The highest BCUT2D eigenvalue weighted by molar-refractivity contribution is 5.87. The normalized spacial score (nSPS) is 23.1. The van der Waals surface area contributed by atoms with Crippen molar-refractivity contribution in [3.05, 3.63) is 0 Å². The SMILES string of the molecule is CCC1CCCCCN1C(=O)NC(C)(C(=O)O)C(F)(F)F. The largest absolute Gasteiger partial charge is 0.479 e. The predicted octanol–water partition coefficient (Wildman–Crippen LogP) is 2.76. The Morgan fingerprint density at radius 3 is 2.38 bits per heavy atom. The first-order chi connectivity index (χ1) is 9.63. The number of rotatable bonds is 3. The number of hydrogen-bond acceptors (Lipinski definition) is 2. The van der Waals surface area contributed by atoms with E-state index in [1.807, 2.05) is 6.92 Å². The second kappa shape index (κ2) is 6.53. The van der Waals surface area contributed by atoms with E-state index in [0.717, 1.165) is 19.3 Å². The summed E-state index contributed by atoms with van der Waals surface area (Å²) in [5.74, 6) is -2.12. The Morgan fingerprint density at radius 2 is 1.90 bits per heavy atom. The van der Waals surface area contributed by atoms with Crippen LogP contribution in [0.4, 0.5) is 18.0 Å². The van der Waals surface area contributed by atoms with Crippen LogP contribution in [0.1, 0.15) is 46.0 Å². The van der Waals surface area contributed by atoms with Crippen LogP contribution in [-0.4, -0.2) is 46.3 Å². The van der Waals surface area contributed by atoms with Gasteiger partial charge >= 0.3 is 18.2 Å². The third-order valence-electron chi connectivity index (χ3n) is 3.96. The monoisotopic (exact) mass is 310 g/mol. The van der Waals surface area contributed by atoms with Crippen molar-refractivity contribution in [2.24, 2.45) is 0 Å². The molecule has 1 aliphatic rings. The van der Waals surface area contributed by atoms with Crippen molar-refractivity contribution in [3.8, 4) is 0 Å². The number of nitrogens with zero attached hydrogens (tertiary/aromatic N) is 1. The molecule has 0 aromatic rings. The molecule has 5 nitrogen and oxygen atoms in total. The van der Waals surface area contributed by atoms with Crippen molar-refractivity contribution >= 4 is 12.0 Å². The lowest BCUT2D eigenvalue weighted by Crippen LogP contribution is -2.64. The number of hydrogen-bond donors (Lipinski definition) is 2. The quantitative estimate of drug-likeness (QED) is 0.842. The summed E-state index contributed by atoms with van der Waals surface area (Å²) in [7, 11) is 0. The van der Waals surface area contributed by atoms with Gasteiger partial charge in [0, 0.05) is 12.6 Å². The lowest BCUT2D eigenvalue weighted by Gasteiger charge is -2.34. The number of carbonyl (C=O) groups excluding carboxylic acids is 1. The minimum Gasteiger partial charge on any atom is -0.479 e. The Kier molecular flexibility index (Phi) is 5.47. The smallest absolute Gasteiger partial charge is 0.422 e. The van der Waals surface area contributed by atoms with Gasteiger partial charge in [0.05, 0.1) is 0 Å². The molecule has 0 radical (unpaired) electrons. The van der Waals surface area contributed by atoms with Crippen LogP contribution in [-0.2, 0) is 4.79 Å². The van der Waals surface area contributed by atoms with E-state index >= 15 is 0 Å². The van der Waals surface area contributed by atoms with Gasteiger partial charge in [-0.25, -0.2) is 9.59 Å². The van der Waals surface area contributed by atoms with Crippen molar-refractivity contribution in [1.82, 2.24) is 10.2 Å². The lowest BCUT2D eigenvalue weighted by molar-refractivity contribution is -0.203. The van der Waals surface area contributed by atoms with Gasteiger partial charge < -0.3 is 15.3 Å². The summed E-state index contributed by atoms with van der Waals surface area (Å²) in [6.07, 6.45) is -1.18. The zero-order valence-corrected chi connectivity index (χ0v) is 12.2. The van der Waals surface area contributed by atoms with Crippen LogP contribution in [0.5, 0.6) is 0 Å². The van der Waals surface area contributed by atoms with E-state index in [1.54, 1.807) is 5.32 Å². The summed E-state index contributed by atoms with van der Waals surface area (Å²) >= 11 is 0. The molecule has 1 fully saturated rings. The number of aliphatic carboxylic acids is 1. The molecule has 0 aromatic carbocycles. The zero-order valence-electron chi connectivity index (χ0n) is 12.2. The van der Waals surface area contributed by atoms with Crippen LogP contribution in [0.15, 0.2) is 0 Å². The molecule has 8 heteroatoms. The van der Waals surface area contributed by atoms with Gasteiger partial charge in [0.2, 0.25) is 5.54 Å². The van der Waals surface area contributed by atoms with Gasteiger partial charge in [-0.3, -0.25) is 0 Å². The number of urea groups is 1. The topological polar surface area (TPSA) is 69.6 Å². The predicted molar refractivity (Wildman–Crippen MR) is 69.9 cm³/mol. The van der Waals surface area contributed by atoms with Crippen molar-refractivity contribution in [3.63, 3.8) is 0 Å². The average molecular weight is 310 g/mol. The van der Waals surface area contributed by atoms with Crippen LogP contribution in [0.25, 0.3) is 0 Å². The molecule has 2 unspecified atom stereocenters. The van der Waals surface area contributed by atoms with Gasteiger partial charge in [-0.15, -0.1) is 0 Å². The van der Waals surface area contributed by atoms with Gasteiger partial charge in [-0.2, -0.15) is 13.2 Å². The van der Waals surface area contributed by atoms with Crippen LogP contribution in [0.2, 0.25) is 0 Å². The van der Waals surface area contributed by atoms with Crippen LogP contribution in [0.3, 0.4) is 0 Å². The maximum absolute atomic E-state index is 12.9. The minimum atomic E-state index is -5.07. The minimum absolute atomic E-state index is 0.154. The molecule has 2 N–H and O–H groups in total. The van der Waals surface area contributed by atoms with E-state index < -0.39 is 23.7 Å². The molecule has 0 bridgehead atoms. The molecular weight excluding hydrogens is 289 g/mol. The zero-order chi connectivity index (χ0) is 16.3. The fraction of sp³-hybridized carbons (Fsp3) is 0.846. The Morgan fingerprint density at radius 1 is 1.29 bits per heavy atom. The summed E-state index contributed by atoms with van der Waals surface area (Å²) in [5.41, 5.74) is -3.28. The maximum Gasteiger partial charge on any atom is 0.422 e. The molecule has 2 amide bonds. The van der Waals surface area contributed by atoms with Crippen molar-refractivity contribution in [2.75, 3.05) is 6.54 Å². The second-order valence-corrected chi connectivity index (χ2v) is 5.46. The van der Waals surface area contributed by atoms with Crippen molar-refractivity contribution < 1.29 is 27.9 Å². The number of carbonyl (C=O) groups is 2. The molecule has 1 rings (SSSR count). The van der Waals surface area contributed by atoms with Crippen LogP contribution >= 0.6 is 0 Å². The van der Waals surface area contributed by atoms with Crippen molar-refractivity contribution in [2.45, 2.75) is 63.7 Å². The second-order valence-electron chi connectivity index (χ2n) is 5.46. The number of halogens is 3. The fourth-order valence-corrected chi connectivity index (χ4v) is 2.40. The molecule has 0 aromatic heterocycles. The number of carboxylic acid groups (broad SMARTS) is 1. The first kappa shape index (κ1) is 17.6. The maximum atomic E-state index is 12.9. The summed E-state index contributed by atoms with van der Waals surface area (Å²) < 4.78 is 38.8. The van der Waals surface area contributed by atoms with E-state index in [4.69, 9.17) is 5.11 Å². The highest BCUT2D eigenvalue weighted by Gasteiger charge is 2.59. The Bertz CT molecular complexity index is 401. The van der Waals surface area contributed by atoms with E-state index in [1.165, 1.54) is 4.90 Å². The third-order valence-corrected chi connectivity index (χ3v) is 3.96. The van der Waals surface area contributed by atoms with E-state index in [0.29, 0.717) is 26.3 Å². The lowest BCUT2D eigenvalue weighted by atomic mass is 10.0.